The Bertz CT molecular complexity index is 1500. The first-order chi connectivity index (χ1) is 23.7. The van der Waals surface area contributed by atoms with Crippen molar-refractivity contribution in [1.29, 1.82) is 0 Å². The van der Waals surface area contributed by atoms with Crippen molar-refractivity contribution in [2.75, 3.05) is 18.8 Å². The predicted octanol–water partition coefficient (Wildman–Crippen LogP) is 3.63. The number of fused-ring (bicyclic) bond motifs is 1. The van der Waals surface area contributed by atoms with Crippen molar-refractivity contribution in [3.8, 4) is 12.3 Å². The summed E-state index contributed by atoms with van der Waals surface area (Å²) in [7, 11) is -3.57. The Morgan fingerprint density at radius 3 is 2.12 bits per heavy atom. The second-order valence-corrected chi connectivity index (χ2v) is 20.2. The Labute approximate surface area is 305 Å². The lowest BCUT2D eigenvalue weighted by atomic mass is 9.79. The number of ketones is 1. The molecule has 0 spiro atoms. The van der Waals surface area contributed by atoms with Gasteiger partial charge in [-0.3, -0.25) is 19.2 Å². The maximum Gasteiger partial charge on any atom is 0.315 e. The molecule has 1 heterocycles. The number of urea groups is 1. The second kappa shape index (κ2) is 15.5. The van der Waals surface area contributed by atoms with Crippen molar-refractivity contribution in [2.24, 2.45) is 22.7 Å². The van der Waals surface area contributed by atoms with Crippen LogP contribution in [0, 0.1) is 35.0 Å². The minimum absolute atomic E-state index is 0.0453. The van der Waals surface area contributed by atoms with E-state index in [9.17, 15) is 32.4 Å². The Morgan fingerprint density at radius 2 is 1.55 bits per heavy atom. The average molecular weight is 732 g/mol. The number of hydrogen-bond donors (Lipinski definition) is 4. The van der Waals surface area contributed by atoms with Crippen molar-refractivity contribution >= 4 is 39.4 Å². The van der Waals surface area contributed by atoms with Crippen LogP contribution in [0.4, 0.5) is 4.79 Å². The molecule has 286 valence electrons. The fraction of sp³-hybridized carbons (Fsp3) is 0.816. The number of rotatable bonds is 14. The molecule has 0 aromatic carbocycles. The van der Waals surface area contributed by atoms with Gasteiger partial charge in [-0.15, -0.1) is 12.3 Å². The minimum Gasteiger partial charge on any atom is -0.349 e. The van der Waals surface area contributed by atoms with Crippen molar-refractivity contribution in [3.05, 3.63) is 0 Å². The summed E-state index contributed by atoms with van der Waals surface area (Å²) in [6, 6.07) is -3.60. The standard InChI is InChI=1S/C38H61N5O7S/c1-9-11-17-26(29(44)32(46)39-22-10-2)40-31(45)28-27-25(36(27,6)7)23-43(28)33(47)30(37(8)18-15-16-19-37)41-34(48)42-38(20-13-12-14-21-38)24-51(49,50)35(3,4)5/h1,25-28,30H,10-24H2,2-8H3,(H,39,46)(H,40,45)(H2,41,42,48)/t25-,26?,27?,28-,30+/m0/s1. The van der Waals surface area contributed by atoms with Gasteiger partial charge in [0.05, 0.1) is 22.1 Å². The first kappa shape index (κ1) is 40.6. The quantitative estimate of drug-likeness (QED) is 0.156. The monoisotopic (exact) mass is 731 g/mol. The number of likely N-dealkylation sites (tertiary alicyclic amines) is 1. The van der Waals surface area contributed by atoms with Gasteiger partial charge in [0.25, 0.3) is 5.91 Å². The third kappa shape index (κ3) is 8.74. The number of carbonyl (C=O) groups is 5. The van der Waals surface area contributed by atoms with E-state index >= 15 is 0 Å². The Balaban J connectivity index is 1.60. The summed E-state index contributed by atoms with van der Waals surface area (Å²) in [5, 5.41) is 11.4. The minimum atomic E-state index is -3.57. The SMILES string of the molecule is C#CCCC(NC(=O)[C@@H]1C2[C@H](CN1C(=O)[C@@H](NC(=O)NC1(CS(=O)(=O)C(C)(C)C)CCCCC1)C1(C)CCCC1)C2(C)C)C(=O)C(=O)NCCC. The van der Waals surface area contributed by atoms with Gasteiger partial charge in [0.1, 0.15) is 12.1 Å². The fourth-order valence-corrected chi connectivity index (χ4v) is 10.3. The van der Waals surface area contributed by atoms with Gasteiger partial charge in [-0.1, -0.05) is 59.8 Å². The number of carbonyl (C=O) groups excluding carboxylic acids is 5. The summed E-state index contributed by atoms with van der Waals surface area (Å²) >= 11 is 0. The van der Waals surface area contributed by atoms with E-state index < -0.39 is 67.3 Å². The highest BCUT2D eigenvalue weighted by atomic mass is 32.2. The third-order valence-electron chi connectivity index (χ3n) is 12.3. The van der Waals surface area contributed by atoms with Gasteiger partial charge in [-0.25, -0.2) is 13.2 Å². The number of sulfone groups is 1. The van der Waals surface area contributed by atoms with E-state index in [1.165, 1.54) is 0 Å². The lowest BCUT2D eigenvalue weighted by Crippen LogP contribution is -2.64. The van der Waals surface area contributed by atoms with Crippen LogP contribution in [-0.4, -0.2) is 90.1 Å². The number of hydrogen-bond acceptors (Lipinski definition) is 7. The molecule has 1 saturated heterocycles. The van der Waals surface area contributed by atoms with E-state index in [0.717, 1.165) is 32.1 Å². The van der Waals surface area contributed by atoms with E-state index in [0.29, 0.717) is 45.2 Å². The van der Waals surface area contributed by atoms with E-state index in [4.69, 9.17) is 6.42 Å². The molecule has 3 aliphatic carbocycles. The molecule has 3 saturated carbocycles. The molecule has 4 N–H and O–H groups in total. The molecule has 0 bridgehead atoms. The van der Waals surface area contributed by atoms with Gasteiger partial charge >= 0.3 is 6.03 Å². The Hall–Kier alpha value is -3.14. The summed E-state index contributed by atoms with van der Waals surface area (Å²) in [4.78, 5) is 70.2. The summed E-state index contributed by atoms with van der Waals surface area (Å²) in [5.74, 6) is -0.299. The van der Waals surface area contributed by atoms with Gasteiger partial charge < -0.3 is 26.2 Å². The summed E-state index contributed by atoms with van der Waals surface area (Å²) in [6.07, 6.45) is 13.1. The van der Waals surface area contributed by atoms with Crippen LogP contribution in [-0.2, 0) is 29.0 Å². The van der Waals surface area contributed by atoms with E-state index in [-0.39, 0.29) is 41.8 Å². The van der Waals surface area contributed by atoms with Gasteiger partial charge in [0.2, 0.25) is 17.6 Å². The third-order valence-corrected chi connectivity index (χ3v) is 15.1. The van der Waals surface area contributed by atoms with E-state index in [1.807, 2.05) is 13.8 Å². The zero-order valence-corrected chi connectivity index (χ0v) is 32.6. The van der Waals surface area contributed by atoms with E-state index in [1.54, 1.807) is 25.7 Å². The van der Waals surface area contributed by atoms with Crippen molar-refractivity contribution in [3.63, 3.8) is 0 Å². The fourth-order valence-electron chi connectivity index (χ4n) is 8.74. The average Bonchev–Trinajstić information content (AvgIpc) is 3.42. The molecule has 5 atom stereocenters. The van der Waals surface area contributed by atoms with Crippen LogP contribution in [0.1, 0.15) is 126 Å². The molecule has 1 aliphatic heterocycles. The predicted molar refractivity (Wildman–Crippen MR) is 196 cm³/mol. The molecular weight excluding hydrogens is 671 g/mol. The van der Waals surface area contributed by atoms with E-state index in [2.05, 4.69) is 41.0 Å². The number of piperidine rings is 1. The van der Waals surface area contributed by atoms with Crippen LogP contribution in [0.25, 0.3) is 0 Å². The Morgan fingerprint density at radius 1 is 0.941 bits per heavy atom. The van der Waals surface area contributed by atoms with Crippen molar-refractivity contribution in [2.45, 2.75) is 154 Å². The van der Waals surface area contributed by atoms with Gasteiger partial charge in [0.15, 0.2) is 9.84 Å². The van der Waals surface area contributed by atoms with Crippen LogP contribution in [0.3, 0.4) is 0 Å². The zero-order valence-electron chi connectivity index (χ0n) is 31.8. The molecular formula is C38H61N5O7S. The highest BCUT2D eigenvalue weighted by Crippen LogP contribution is 2.65. The summed E-state index contributed by atoms with van der Waals surface area (Å²) in [6.45, 7) is 13.6. The largest absolute Gasteiger partial charge is 0.349 e. The molecule has 4 rings (SSSR count). The maximum absolute atomic E-state index is 14.8. The summed E-state index contributed by atoms with van der Waals surface area (Å²) in [5.41, 5.74) is -1.76. The number of amides is 5. The van der Waals surface area contributed by atoms with Crippen LogP contribution < -0.4 is 21.3 Å². The lowest BCUT2D eigenvalue weighted by molar-refractivity contribution is -0.145. The van der Waals surface area contributed by atoms with Crippen LogP contribution in [0.5, 0.6) is 0 Å². The number of terminal acetylenes is 1. The number of nitrogens with one attached hydrogen (secondary N) is 4. The molecule has 4 fully saturated rings. The van der Waals surface area contributed by atoms with Crippen LogP contribution >= 0.6 is 0 Å². The molecule has 13 heteroatoms. The molecule has 0 aromatic heterocycles. The first-order valence-electron chi connectivity index (χ1n) is 18.9. The molecule has 12 nitrogen and oxygen atoms in total. The first-order valence-corrected chi connectivity index (χ1v) is 20.6. The maximum atomic E-state index is 14.8. The zero-order chi connectivity index (χ0) is 38.0. The molecule has 2 unspecified atom stereocenters. The van der Waals surface area contributed by atoms with Crippen molar-refractivity contribution < 1.29 is 32.4 Å². The topological polar surface area (TPSA) is 171 Å². The van der Waals surface area contributed by atoms with Crippen LogP contribution in [0.2, 0.25) is 0 Å². The lowest BCUT2D eigenvalue weighted by Gasteiger charge is -2.42. The molecule has 4 aliphatic rings. The smallest absolute Gasteiger partial charge is 0.315 e. The Kier molecular flexibility index (Phi) is 12.3. The number of Topliss-reactive ketones (excluding diaryl/α,β-unsaturated/α-hetero) is 1. The molecule has 5 amide bonds. The summed E-state index contributed by atoms with van der Waals surface area (Å²) < 4.78 is 25.8. The highest BCUT2D eigenvalue weighted by molar-refractivity contribution is 7.92. The molecule has 51 heavy (non-hydrogen) atoms. The number of nitrogens with zero attached hydrogens (tertiary/aromatic N) is 1. The van der Waals surface area contributed by atoms with Gasteiger partial charge in [-0.05, 0) is 82.0 Å². The highest BCUT2D eigenvalue weighted by Gasteiger charge is 2.70. The van der Waals surface area contributed by atoms with Crippen molar-refractivity contribution in [1.82, 2.24) is 26.2 Å². The molecule has 0 radical (unpaired) electrons. The second-order valence-electron chi connectivity index (χ2n) is 17.4. The van der Waals surface area contributed by atoms with Gasteiger partial charge in [-0.2, -0.15) is 0 Å². The molecule has 0 aromatic rings. The normalized spacial score (nSPS) is 25.8. The van der Waals surface area contributed by atoms with Gasteiger partial charge in [0, 0.05) is 19.5 Å². The van der Waals surface area contributed by atoms with Crippen LogP contribution in [0.15, 0.2) is 0 Å².